The number of hydrogen-bond acceptors (Lipinski definition) is 3. The van der Waals surface area contributed by atoms with Crippen LogP contribution in [0.25, 0.3) is 0 Å². The normalized spacial score (nSPS) is 18.9. The van der Waals surface area contributed by atoms with Gasteiger partial charge >= 0.3 is 0 Å². The summed E-state index contributed by atoms with van der Waals surface area (Å²) in [6, 6.07) is 8.96. The summed E-state index contributed by atoms with van der Waals surface area (Å²) >= 11 is 1.83. The zero-order valence-electron chi connectivity index (χ0n) is 14.9. The van der Waals surface area contributed by atoms with Crippen LogP contribution in [0, 0.1) is 13.8 Å². The van der Waals surface area contributed by atoms with Gasteiger partial charge in [0.05, 0.1) is 12.6 Å². The number of carbonyl (C=O) groups excluding carboxylic acids is 1. The number of thiophene rings is 1. The van der Waals surface area contributed by atoms with Crippen molar-refractivity contribution in [2.75, 3.05) is 13.1 Å². The van der Waals surface area contributed by atoms with Crippen LogP contribution in [-0.2, 0) is 11.2 Å². The van der Waals surface area contributed by atoms with E-state index in [-0.39, 0.29) is 11.9 Å². The minimum atomic E-state index is 0.0357. The third-order valence-electron chi connectivity index (χ3n) is 5.16. The molecule has 0 bridgehead atoms. The maximum absolute atomic E-state index is 12.5. The Morgan fingerprint density at radius 3 is 2.88 bits per heavy atom. The number of aryl methyl sites for hydroxylation is 2. The van der Waals surface area contributed by atoms with E-state index >= 15 is 0 Å². The smallest absolute Gasteiger partial charge is 0.234 e. The molecule has 1 N–H and O–H groups in total. The van der Waals surface area contributed by atoms with Gasteiger partial charge in [-0.25, -0.2) is 0 Å². The zero-order valence-corrected chi connectivity index (χ0v) is 15.7. The number of nitrogens with zero attached hydrogens (tertiary/aromatic N) is 1. The lowest BCUT2D eigenvalue weighted by atomic mass is 10.0. The molecule has 2 atom stereocenters. The fourth-order valence-corrected chi connectivity index (χ4v) is 4.33. The molecule has 1 aliphatic rings. The molecule has 2 aromatic rings. The van der Waals surface area contributed by atoms with Gasteiger partial charge in [0, 0.05) is 17.5 Å². The molecule has 1 amide bonds. The van der Waals surface area contributed by atoms with Crippen molar-refractivity contribution in [1.82, 2.24) is 10.2 Å². The predicted octanol–water partition coefficient (Wildman–Crippen LogP) is 4.16. The second-order valence-corrected chi connectivity index (χ2v) is 7.83. The molecule has 0 spiro atoms. The van der Waals surface area contributed by atoms with E-state index in [9.17, 15) is 4.79 Å². The van der Waals surface area contributed by atoms with Crippen LogP contribution in [0.3, 0.4) is 0 Å². The molecule has 1 aliphatic heterocycles. The summed E-state index contributed by atoms with van der Waals surface area (Å²) in [5.74, 6) is 0.103. The van der Waals surface area contributed by atoms with Gasteiger partial charge in [-0.2, -0.15) is 0 Å². The number of benzene rings is 1. The van der Waals surface area contributed by atoms with Crippen LogP contribution in [0.1, 0.15) is 53.1 Å². The number of nitrogens with one attached hydrogen (secondary N) is 1. The van der Waals surface area contributed by atoms with Gasteiger partial charge in [-0.05, 0) is 67.8 Å². The zero-order chi connectivity index (χ0) is 17.3. The van der Waals surface area contributed by atoms with Crippen LogP contribution in [0.15, 0.2) is 29.6 Å². The molecule has 0 saturated carbocycles. The molecular weight excluding hydrogens is 316 g/mol. The van der Waals surface area contributed by atoms with Crippen LogP contribution in [0.5, 0.6) is 0 Å². The van der Waals surface area contributed by atoms with E-state index in [0.29, 0.717) is 12.6 Å². The lowest BCUT2D eigenvalue weighted by Gasteiger charge is -2.33. The molecule has 0 radical (unpaired) electrons. The van der Waals surface area contributed by atoms with E-state index in [1.54, 1.807) is 0 Å². The molecule has 1 aromatic heterocycles. The highest BCUT2D eigenvalue weighted by Crippen LogP contribution is 2.32. The van der Waals surface area contributed by atoms with E-state index in [2.05, 4.69) is 67.6 Å². The molecule has 0 fully saturated rings. The van der Waals surface area contributed by atoms with Gasteiger partial charge in [0.2, 0.25) is 5.91 Å². The van der Waals surface area contributed by atoms with Crippen LogP contribution < -0.4 is 5.32 Å². The molecule has 2 heterocycles. The standard InChI is InChI=1S/C20H26N2OS/c1-13-5-6-17(11-14(13)2)15(3)21-20(23)12-22-9-7-19-18(16(22)4)8-10-24-19/h5-6,8,10-11,15-16H,7,9,12H2,1-4H3,(H,21,23)/t15-,16-/m1/s1. The number of fused-ring (bicyclic) bond motifs is 1. The van der Waals surface area contributed by atoms with Crippen molar-refractivity contribution in [1.29, 1.82) is 0 Å². The van der Waals surface area contributed by atoms with E-state index < -0.39 is 0 Å². The third kappa shape index (κ3) is 3.55. The molecule has 24 heavy (non-hydrogen) atoms. The van der Waals surface area contributed by atoms with E-state index in [1.165, 1.54) is 27.1 Å². The predicted molar refractivity (Wildman–Crippen MR) is 100 cm³/mol. The Hall–Kier alpha value is -1.65. The molecule has 3 rings (SSSR count). The van der Waals surface area contributed by atoms with Crippen molar-refractivity contribution in [3.8, 4) is 0 Å². The highest BCUT2D eigenvalue weighted by Gasteiger charge is 2.26. The first-order valence-corrected chi connectivity index (χ1v) is 9.50. The highest BCUT2D eigenvalue weighted by molar-refractivity contribution is 7.10. The van der Waals surface area contributed by atoms with Crippen LogP contribution in [0.4, 0.5) is 0 Å². The Kier molecular flexibility index (Phi) is 5.07. The highest BCUT2D eigenvalue weighted by atomic mass is 32.1. The summed E-state index contributed by atoms with van der Waals surface area (Å²) in [5, 5.41) is 5.31. The number of carbonyl (C=O) groups is 1. The summed E-state index contributed by atoms with van der Waals surface area (Å²) in [6.07, 6.45) is 1.05. The minimum absolute atomic E-state index is 0.0357. The molecule has 128 valence electrons. The largest absolute Gasteiger partial charge is 0.348 e. The average molecular weight is 343 g/mol. The Labute approximate surface area is 148 Å². The second kappa shape index (κ2) is 7.08. The Bertz CT molecular complexity index is 737. The van der Waals surface area contributed by atoms with Crippen molar-refractivity contribution < 1.29 is 4.79 Å². The second-order valence-electron chi connectivity index (χ2n) is 6.83. The minimum Gasteiger partial charge on any atom is -0.348 e. The van der Waals surface area contributed by atoms with Gasteiger partial charge in [-0.1, -0.05) is 18.2 Å². The topological polar surface area (TPSA) is 32.3 Å². The van der Waals surface area contributed by atoms with Gasteiger partial charge in [-0.3, -0.25) is 9.69 Å². The first kappa shape index (κ1) is 17.2. The van der Waals surface area contributed by atoms with E-state index in [1.807, 2.05) is 11.3 Å². The lowest BCUT2D eigenvalue weighted by molar-refractivity contribution is -0.123. The molecule has 1 aromatic carbocycles. The van der Waals surface area contributed by atoms with Crippen molar-refractivity contribution in [2.45, 2.75) is 46.2 Å². The third-order valence-corrected chi connectivity index (χ3v) is 6.16. The molecule has 0 saturated heterocycles. The SMILES string of the molecule is Cc1ccc([C@@H](C)NC(=O)CN2CCc3sccc3[C@H]2C)cc1C. The fraction of sp³-hybridized carbons (Fsp3) is 0.450. The quantitative estimate of drug-likeness (QED) is 0.905. The lowest BCUT2D eigenvalue weighted by Crippen LogP contribution is -2.42. The Balaban J connectivity index is 1.60. The van der Waals surface area contributed by atoms with Crippen LogP contribution >= 0.6 is 11.3 Å². The Morgan fingerprint density at radius 1 is 1.33 bits per heavy atom. The van der Waals surface area contributed by atoms with Crippen LogP contribution in [-0.4, -0.2) is 23.9 Å². The molecular formula is C20H26N2OS. The molecule has 0 aliphatic carbocycles. The van der Waals surface area contributed by atoms with Gasteiger partial charge in [0.25, 0.3) is 0 Å². The average Bonchev–Trinajstić information content (AvgIpc) is 3.02. The number of amides is 1. The van der Waals surface area contributed by atoms with Gasteiger partial charge in [-0.15, -0.1) is 11.3 Å². The van der Waals surface area contributed by atoms with Crippen molar-refractivity contribution in [3.05, 3.63) is 56.8 Å². The Morgan fingerprint density at radius 2 is 2.12 bits per heavy atom. The van der Waals surface area contributed by atoms with Crippen molar-refractivity contribution in [2.24, 2.45) is 0 Å². The molecule has 4 heteroatoms. The summed E-state index contributed by atoms with van der Waals surface area (Å²) in [7, 11) is 0. The maximum Gasteiger partial charge on any atom is 0.234 e. The fourth-order valence-electron chi connectivity index (χ4n) is 3.37. The summed E-state index contributed by atoms with van der Waals surface area (Å²) in [4.78, 5) is 16.2. The first-order chi connectivity index (χ1) is 11.5. The van der Waals surface area contributed by atoms with Crippen molar-refractivity contribution in [3.63, 3.8) is 0 Å². The van der Waals surface area contributed by atoms with Crippen LogP contribution in [0.2, 0.25) is 0 Å². The van der Waals surface area contributed by atoms with Gasteiger partial charge in [0.15, 0.2) is 0 Å². The molecule has 0 unspecified atom stereocenters. The monoisotopic (exact) mass is 342 g/mol. The maximum atomic E-state index is 12.5. The summed E-state index contributed by atoms with van der Waals surface area (Å²) in [6.45, 7) is 9.90. The van der Waals surface area contributed by atoms with Gasteiger partial charge in [0.1, 0.15) is 0 Å². The first-order valence-electron chi connectivity index (χ1n) is 8.62. The number of rotatable bonds is 4. The van der Waals surface area contributed by atoms with E-state index in [4.69, 9.17) is 0 Å². The summed E-state index contributed by atoms with van der Waals surface area (Å²) < 4.78 is 0. The molecule has 3 nitrogen and oxygen atoms in total. The number of hydrogen-bond donors (Lipinski definition) is 1. The van der Waals surface area contributed by atoms with Gasteiger partial charge < -0.3 is 5.32 Å². The van der Waals surface area contributed by atoms with Crippen molar-refractivity contribution >= 4 is 17.2 Å². The van der Waals surface area contributed by atoms with E-state index in [0.717, 1.165) is 13.0 Å². The summed E-state index contributed by atoms with van der Waals surface area (Å²) in [5.41, 5.74) is 5.11.